The molecule has 0 heterocycles. The van der Waals surface area contributed by atoms with Crippen LogP contribution in [0.15, 0.2) is 29.2 Å². The number of sulfonamides is 1. The van der Waals surface area contributed by atoms with Gasteiger partial charge >= 0.3 is 0 Å². The number of anilines is 1. The van der Waals surface area contributed by atoms with E-state index in [1.165, 1.54) is 12.1 Å². The zero-order valence-electron chi connectivity index (χ0n) is 10.6. The van der Waals surface area contributed by atoms with Crippen molar-refractivity contribution in [2.45, 2.75) is 30.6 Å². The van der Waals surface area contributed by atoms with Crippen molar-refractivity contribution in [3.05, 3.63) is 24.3 Å². The predicted octanol–water partition coefficient (Wildman–Crippen LogP) is 0.792. The van der Waals surface area contributed by atoms with Crippen LogP contribution < -0.4 is 16.2 Å². The van der Waals surface area contributed by atoms with Crippen molar-refractivity contribution >= 4 is 21.6 Å². The number of unbranched alkanes of at least 4 members (excludes halogenated alkanes) is 2. The standard InChI is InChI=1S/C12H19N3O3S/c13-9-5-1-2-8-12(16)15-10-6-3-4-7-11(10)19(14,17)18/h3-4,6-7H,1-2,5,8-9,13H2,(H,15,16)(H2,14,17,18). The Morgan fingerprint density at radius 1 is 1.16 bits per heavy atom. The molecule has 0 aliphatic carbocycles. The number of carbonyl (C=O) groups excluding carboxylic acids is 1. The summed E-state index contributed by atoms with van der Waals surface area (Å²) in [6.45, 7) is 0.607. The van der Waals surface area contributed by atoms with E-state index in [4.69, 9.17) is 10.9 Å². The van der Waals surface area contributed by atoms with Gasteiger partial charge in [-0.15, -0.1) is 0 Å². The van der Waals surface area contributed by atoms with Gasteiger partial charge in [0.15, 0.2) is 0 Å². The molecule has 1 aromatic carbocycles. The van der Waals surface area contributed by atoms with Gasteiger partial charge in [0.05, 0.1) is 5.69 Å². The van der Waals surface area contributed by atoms with Crippen LogP contribution in [0, 0.1) is 0 Å². The van der Waals surface area contributed by atoms with Crippen LogP contribution in [-0.4, -0.2) is 20.9 Å². The molecule has 19 heavy (non-hydrogen) atoms. The highest BCUT2D eigenvalue weighted by molar-refractivity contribution is 7.89. The second-order valence-electron chi connectivity index (χ2n) is 4.19. The number of nitrogens with one attached hydrogen (secondary N) is 1. The molecular weight excluding hydrogens is 266 g/mol. The minimum absolute atomic E-state index is 0.0784. The molecule has 0 saturated heterocycles. The van der Waals surface area contributed by atoms with Crippen LogP contribution in [0.1, 0.15) is 25.7 Å². The topological polar surface area (TPSA) is 115 Å². The maximum absolute atomic E-state index is 11.7. The van der Waals surface area contributed by atoms with Crippen LogP contribution in [0.25, 0.3) is 0 Å². The molecule has 0 bridgehead atoms. The Kier molecular flexibility index (Phi) is 5.94. The second-order valence-corrected chi connectivity index (χ2v) is 5.72. The summed E-state index contributed by atoms with van der Waals surface area (Å²) >= 11 is 0. The summed E-state index contributed by atoms with van der Waals surface area (Å²) in [5.41, 5.74) is 5.57. The summed E-state index contributed by atoms with van der Waals surface area (Å²) < 4.78 is 22.7. The first-order valence-electron chi connectivity index (χ1n) is 6.07. The molecule has 0 radical (unpaired) electrons. The number of hydrogen-bond donors (Lipinski definition) is 3. The van der Waals surface area contributed by atoms with Crippen molar-refractivity contribution in [1.82, 2.24) is 0 Å². The number of para-hydroxylation sites is 1. The molecule has 0 saturated carbocycles. The van der Waals surface area contributed by atoms with E-state index in [0.717, 1.165) is 19.3 Å². The van der Waals surface area contributed by atoms with Gasteiger partial charge in [-0.25, -0.2) is 13.6 Å². The van der Waals surface area contributed by atoms with Crippen molar-refractivity contribution in [3.8, 4) is 0 Å². The zero-order chi connectivity index (χ0) is 14.3. The fourth-order valence-electron chi connectivity index (χ4n) is 1.64. The maximum atomic E-state index is 11.7. The molecule has 7 heteroatoms. The fourth-order valence-corrected chi connectivity index (χ4v) is 2.33. The summed E-state index contributed by atoms with van der Waals surface area (Å²) in [5.74, 6) is -0.229. The number of primary sulfonamides is 1. The van der Waals surface area contributed by atoms with Gasteiger partial charge < -0.3 is 11.1 Å². The SMILES string of the molecule is NCCCCCC(=O)Nc1ccccc1S(N)(=O)=O. The van der Waals surface area contributed by atoms with E-state index >= 15 is 0 Å². The summed E-state index contributed by atoms with van der Waals surface area (Å²) in [6, 6.07) is 6.06. The van der Waals surface area contributed by atoms with Crippen molar-refractivity contribution in [3.63, 3.8) is 0 Å². The quantitative estimate of drug-likeness (QED) is 0.642. The highest BCUT2D eigenvalue weighted by Crippen LogP contribution is 2.19. The molecule has 5 N–H and O–H groups in total. The third kappa shape index (κ3) is 5.37. The number of carbonyl (C=O) groups is 1. The molecule has 0 aliphatic heterocycles. The van der Waals surface area contributed by atoms with E-state index in [-0.39, 0.29) is 16.5 Å². The van der Waals surface area contributed by atoms with Gasteiger partial charge in [0, 0.05) is 6.42 Å². The van der Waals surface area contributed by atoms with E-state index in [0.29, 0.717) is 13.0 Å². The lowest BCUT2D eigenvalue weighted by atomic mass is 10.2. The predicted molar refractivity (Wildman–Crippen MR) is 74.0 cm³/mol. The van der Waals surface area contributed by atoms with Gasteiger partial charge in [0.25, 0.3) is 0 Å². The highest BCUT2D eigenvalue weighted by Gasteiger charge is 2.14. The molecule has 0 atom stereocenters. The Balaban J connectivity index is 2.65. The largest absolute Gasteiger partial charge is 0.330 e. The third-order valence-electron chi connectivity index (χ3n) is 2.58. The minimum atomic E-state index is -3.84. The number of hydrogen-bond acceptors (Lipinski definition) is 4. The molecule has 0 aromatic heterocycles. The number of benzene rings is 1. The molecule has 0 fully saturated rings. The Hall–Kier alpha value is -1.44. The van der Waals surface area contributed by atoms with E-state index in [1.54, 1.807) is 12.1 Å². The summed E-state index contributed by atoms with van der Waals surface area (Å²) in [6.07, 6.45) is 2.81. The molecule has 1 aromatic rings. The van der Waals surface area contributed by atoms with Gasteiger partial charge in [0.1, 0.15) is 4.90 Å². The van der Waals surface area contributed by atoms with Gasteiger partial charge in [-0.3, -0.25) is 4.79 Å². The van der Waals surface area contributed by atoms with Gasteiger partial charge in [-0.1, -0.05) is 18.6 Å². The van der Waals surface area contributed by atoms with E-state index in [9.17, 15) is 13.2 Å². The van der Waals surface area contributed by atoms with Crippen LogP contribution >= 0.6 is 0 Å². The Morgan fingerprint density at radius 3 is 2.47 bits per heavy atom. The monoisotopic (exact) mass is 285 g/mol. The Bertz CT molecular complexity index is 529. The van der Waals surface area contributed by atoms with Crippen molar-refractivity contribution in [2.75, 3.05) is 11.9 Å². The van der Waals surface area contributed by atoms with Crippen LogP contribution in [0.5, 0.6) is 0 Å². The van der Waals surface area contributed by atoms with E-state index in [2.05, 4.69) is 5.32 Å². The summed E-state index contributed by atoms with van der Waals surface area (Å²) in [4.78, 5) is 11.6. The third-order valence-corrected chi connectivity index (χ3v) is 3.54. The highest BCUT2D eigenvalue weighted by atomic mass is 32.2. The van der Waals surface area contributed by atoms with E-state index < -0.39 is 10.0 Å². The van der Waals surface area contributed by atoms with Crippen LogP contribution in [-0.2, 0) is 14.8 Å². The van der Waals surface area contributed by atoms with Gasteiger partial charge in [0.2, 0.25) is 15.9 Å². The summed E-state index contributed by atoms with van der Waals surface area (Å²) in [5, 5.41) is 7.64. The lowest BCUT2D eigenvalue weighted by Gasteiger charge is -2.09. The molecule has 106 valence electrons. The minimum Gasteiger partial charge on any atom is -0.330 e. The first-order valence-corrected chi connectivity index (χ1v) is 7.61. The average Bonchev–Trinajstić information content (AvgIpc) is 2.34. The summed E-state index contributed by atoms with van der Waals surface area (Å²) in [7, 11) is -3.84. The molecular formula is C12H19N3O3S. The number of rotatable bonds is 7. The zero-order valence-corrected chi connectivity index (χ0v) is 11.4. The van der Waals surface area contributed by atoms with Crippen molar-refractivity contribution in [1.29, 1.82) is 0 Å². The molecule has 0 aliphatic rings. The molecule has 6 nitrogen and oxygen atoms in total. The van der Waals surface area contributed by atoms with Crippen LogP contribution in [0.4, 0.5) is 5.69 Å². The Morgan fingerprint density at radius 2 is 1.84 bits per heavy atom. The molecule has 1 amide bonds. The second kappa shape index (κ2) is 7.22. The molecule has 0 spiro atoms. The van der Waals surface area contributed by atoms with Crippen LogP contribution in [0.2, 0.25) is 0 Å². The number of amides is 1. The first-order chi connectivity index (χ1) is 8.95. The van der Waals surface area contributed by atoms with Crippen molar-refractivity contribution in [2.24, 2.45) is 10.9 Å². The fraction of sp³-hybridized carbons (Fsp3) is 0.417. The smallest absolute Gasteiger partial charge is 0.240 e. The lowest BCUT2D eigenvalue weighted by Crippen LogP contribution is -2.18. The molecule has 0 unspecified atom stereocenters. The maximum Gasteiger partial charge on any atom is 0.240 e. The first kappa shape index (κ1) is 15.6. The van der Waals surface area contributed by atoms with Gasteiger partial charge in [-0.05, 0) is 31.5 Å². The number of nitrogens with two attached hydrogens (primary N) is 2. The lowest BCUT2D eigenvalue weighted by molar-refractivity contribution is -0.116. The molecule has 1 rings (SSSR count). The van der Waals surface area contributed by atoms with Gasteiger partial charge in [-0.2, -0.15) is 0 Å². The van der Waals surface area contributed by atoms with Crippen LogP contribution in [0.3, 0.4) is 0 Å². The van der Waals surface area contributed by atoms with E-state index in [1.807, 2.05) is 0 Å². The van der Waals surface area contributed by atoms with Crippen molar-refractivity contribution < 1.29 is 13.2 Å². The average molecular weight is 285 g/mol. The Labute approximate surface area is 113 Å². The normalized spacial score (nSPS) is 11.3.